The molecule has 0 amide bonds. The second kappa shape index (κ2) is 5.52. The lowest BCUT2D eigenvalue weighted by Gasteiger charge is -1.81. The average molecular weight is 121 g/mol. The Balaban J connectivity index is 2.49. The minimum absolute atomic E-state index is 0.748. The molecular formula is C4H10PS. The smallest absolute Gasteiger partial charge is 0.0108 e. The molecule has 1 atom stereocenters. The minimum atomic E-state index is 0.748. The molecule has 0 heterocycles. The van der Waals surface area contributed by atoms with Gasteiger partial charge in [-0.3, -0.25) is 0 Å². The largest absolute Gasteiger partial charge is 0.0954 e. The standard InChI is InChI=1S/C4H10PS/c1-2-3-4-5-6/h5H,2-4H2,1H3. The highest BCUT2D eigenvalue weighted by Crippen LogP contribution is 1.96. The lowest BCUT2D eigenvalue weighted by atomic mass is 10.4. The van der Waals surface area contributed by atoms with E-state index in [4.69, 9.17) is 11.8 Å². The number of hydrogen-bond acceptors (Lipinski definition) is 1. The molecule has 0 spiro atoms. The third kappa shape index (κ3) is 4.52. The molecule has 0 saturated carbocycles. The summed E-state index contributed by atoms with van der Waals surface area (Å²) >= 11 is 4.75. The van der Waals surface area contributed by atoms with Crippen molar-refractivity contribution in [3.8, 4) is 0 Å². The molecule has 0 N–H and O–H groups in total. The van der Waals surface area contributed by atoms with Crippen molar-refractivity contribution >= 4 is 19.2 Å². The summed E-state index contributed by atoms with van der Waals surface area (Å²) in [6.45, 7) is 2.19. The fourth-order valence-electron chi connectivity index (χ4n) is 0.249. The van der Waals surface area contributed by atoms with Gasteiger partial charge in [-0.15, -0.1) is 0 Å². The fraction of sp³-hybridized carbons (Fsp3) is 1.00. The summed E-state index contributed by atoms with van der Waals surface area (Å²) < 4.78 is 0. The average Bonchev–Trinajstić information content (AvgIpc) is 1.61. The number of rotatable bonds is 3. The van der Waals surface area contributed by atoms with Gasteiger partial charge in [0.15, 0.2) is 0 Å². The molecule has 0 bridgehead atoms. The normalized spacial score (nSPS) is 9.50. The molecule has 0 aliphatic rings. The van der Waals surface area contributed by atoms with Gasteiger partial charge in [0.1, 0.15) is 0 Å². The third-order valence-electron chi connectivity index (χ3n) is 0.632. The van der Waals surface area contributed by atoms with Gasteiger partial charge in [0.05, 0.1) is 0 Å². The number of hydrogen-bond donors (Lipinski definition) is 0. The molecule has 0 aliphatic heterocycles. The van der Waals surface area contributed by atoms with E-state index >= 15 is 0 Å². The van der Waals surface area contributed by atoms with Gasteiger partial charge in [0.2, 0.25) is 0 Å². The molecule has 0 aromatic carbocycles. The summed E-state index contributed by atoms with van der Waals surface area (Å²) in [6.07, 6.45) is 3.87. The highest BCUT2D eigenvalue weighted by Gasteiger charge is 1.72. The maximum Gasteiger partial charge on any atom is -0.0108 e. The summed E-state index contributed by atoms with van der Waals surface area (Å²) in [4.78, 5) is 0. The Morgan fingerprint density at radius 2 is 2.33 bits per heavy atom. The Kier molecular flexibility index (Phi) is 6.00. The monoisotopic (exact) mass is 121 g/mol. The van der Waals surface area contributed by atoms with E-state index in [-0.39, 0.29) is 0 Å². The maximum atomic E-state index is 4.75. The molecule has 0 fully saturated rings. The fourth-order valence-corrected chi connectivity index (χ4v) is 1.18. The van der Waals surface area contributed by atoms with Gasteiger partial charge in [-0.05, 0) is 12.6 Å². The molecule has 0 nitrogen and oxygen atoms in total. The van der Waals surface area contributed by atoms with Gasteiger partial charge in [0, 0.05) is 0 Å². The SMILES string of the molecule is CCCC[PH]=S. The Bertz CT molecular complexity index is 36.5. The molecule has 6 heavy (non-hydrogen) atoms. The van der Waals surface area contributed by atoms with E-state index in [1.54, 1.807) is 0 Å². The van der Waals surface area contributed by atoms with Crippen LogP contribution in [0.15, 0.2) is 0 Å². The van der Waals surface area contributed by atoms with Crippen LogP contribution in [0, 0.1) is 0 Å². The van der Waals surface area contributed by atoms with E-state index in [9.17, 15) is 0 Å². The summed E-state index contributed by atoms with van der Waals surface area (Å²) in [6, 6.07) is 0. The molecule has 1 radical (unpaired) electrons. The zero-order valence-corrected chi connectivity index (χ0v) is 5.85. The molecular weight excluding hydrogens is 111 g/mol. The second-order valence-corrected chi connectivity index (χ2v) is 2.90. The third-order valence-corrected chi connectivity index (χ3v) is 1.80. The lowest BCUT2D eigenvalue weighted by molar-refractivity contribution is 0.896. The Morgan fingerprint density at radius 1 is 1.67 bits per heavy atom. The molecule has 0 saturated heterocycles. The highest BCUT2D eigenvalue weighted by atomic mass is 32.4. The van der Waals surface area contributed by atoms with Crippen molar-refractivity contribution < 1.29 is 0 Å². The van der Waals surface area contributed by atoms with Crippen LogP contribution in [0.4, 0.5) is 0 Å². The van der Waals surface area contributed by atoms with Crippen molar-refractivity contribution in [3.05, 3.63) is 0 Å². The van der Waals surface area contributed by atoms with Gasteiger partial charge in [-0.1, -0.05) is 32.5 Å². The van der Waals surface area contributed by atoms with Crippen molar-refractivity contribution in [3.63, 3.8) is 0 Å². The summed E-state index contributed by atoms with van der Waals surface area (Å²) in [5.74, 6) is 0. The van der Waals surface area contributed by atoms with Crippen LogP contribution < -0.4 is 0 Å². The van der Waals surface area contributed by atoms with E-state index in [0.717, 1.165) is 7.36 Å². The summed E-state index contributed by atoms with van der Waals surface area (Å²) in [5.41, 5.74) is 0. The summed E-state index contributed by atoms with van der Waals surface area (Å²) in [5, 5.41) is 0. The zero-order chi connectivity index (χ0) is 4.83. The lowest BCUT2D eigenvalue weighted by Crippen LogP contribution is -1.66. The molecule has 0 aromatic heterocycles. The first-order valence-electron chi connectivity index (χ1n) is 2.26. The van der Waals surface area contributed by atoms with E-state index < -0.39 is 0 Å². The molecule has 0 rings (SSSR count). The molecule has 0 aliphatic carbocycles. The van der Waals surface area contributed by atoms with E-state index in [2.05, 4.69) is 6.92 Å². The minimum Gasteiger partial charge on any atom is -0.0954 e. The predicted octanol–water partition coefficient (Wildman–Crippen LogP) is 1.93. The van der Waals surface area contributed by atoms with Crippen molar-refractivity contribution in [2.45, 2.75) is 19.8 Å². The number of unbranched alkanes of at least 4 members (excludes halogenated alkanes) is 1. The molecule has 1 unspecified atom stereocenters. The first kappa shape index (κ1) is 6.52. The quantitative estimate of drug-likeness (QED) is 0.406. The molecule has 0 aromatic rings. The van der Waals surface area contributed by atoms with Gasteiger partial charge < -0.3 is 0 Å². The van der Waals surface area contributed by atoms with Crippen LogP contribution in [0.25, 0.3) is 0 Å². The van der Waals surface area contributed by atoms with Crippen molar-refractivity contribution in [2.75, 3.05) is 6.16 Å². The van der Waals surface area contributed by atoms with Crippen LogP contribution in [0.1, 0.15) is 19.8 Å². The van der Waals surface area contributed by atoms with E-state index in [0.29, 0.717) is 0 Å². The van der Waals surface area contributed by atoms with Crippen LogP contribution in [0.3, 0.4) is 0 Å². The molecule has 2 heteroatoms. The van der Waals surface area contributed by atoms with Crippen LogP contribution in [-0.4, -0.2) is 6.16 Å². The zero-order valence-electron chi connectivity index (χ0n) is 4.03. The van der Waals surface area contributed by atoms with Gasteiger partial charge in [-0.25, -0.2) is 0 Å². The van der Waals surface area contributed by atoms with Crippen LogP contribution in [0.5, 0.6) is 0 Å². The van der Waals surface area contributed by atoms with Gasteiger partial charge in [-0.2, -0.15) is 0 Å². The van der Waals surface area contributed by atoms with Crippen LogP contribution in [0.2, 0.25) is 0 Å². The van der Waals surface area contributed by atoms with Gasteiger partial charge >= 0.3 is 0 Å². The van der Waals surface area contributed by atoms with Crippen LogP contribution in [-0.2, 0) is 11.8 Å². The predicted molar refractivity (Wildman–Crippen MR) is 35.5 cm³/mol. The molecule has 37 valence electrons. The topological polar surface area (TPSA) is 0 Å². The first-order valence-corrected chi connectivity index (χ1v) is 4.60. The summed E-state index contributed by atoms with van der Waals surface area (Å²) in [7, 11) is 0.748. The van der Waals surface area contributed by atoms with E-state index in [1.807, 2.05) is 0 Å². The first-order chi connectivity index (χ1) is 2.91. The Hall–Kier alpha value is 0.520. The maximum absolute atomic E-state index is 4.75. The van der Waals surface area contributed by atoms with Crippen LogP contribution >= 0.6 is 7.36 Å². The Labute approximate surface area is 45.8 Å². The van der Waals surface area contributed by atoms with Crippen molar-refractivity contribution in [2.24, 2.45) is 0 Å². The van der Waals surface area contributed by atoms with Crippen molar-refractivity contribution in [1.29, 1.82) is 0 Å². The Morgan fingerprint density at radius 3 is 2.50 bits per heavy atom. The highest BCUT2D eigenvalue weighted by molar-refractivity contribution is 7.96. The van der Waals surface area contributed by atoms with Crippen molar-refractivity contribution in [1.82, 2.24) is 0 Å². The van der Waals surface area contributed by atoms with E-state index in [1.165, 1.54) is 19.0 Å². The second-order valence-electron chi connectivity index (χ2n) is 1.25. The van der Waals surface area contributed by atoms with Gasteiger partial charge in [0.25, 0.3) is 0 Å².